The van der Waals surface area contributed by atoms with Crippen LogP contribution in [0, 0.1) is 6.92 Å². The Morgan fingerprint density at radius 2 is 1.35 bits per heavy atom. The molecule has 1 aromatic heterocycles. The highest BCUT2D eigenvalue weighted by Gasteiger charge is 2.11. The molecule has 0 fully saturated rings. The van der Waals surface area contributed by atoms with E-state index >= 15 is 0 Å². The van der Waals surface area contributed by atoms with Crippen molar-refractivity contribution >= 4 is 0 Å². The molecule has 0 saturated carbocycles. The highest BCUT2D eigenvalue weighted by Crippen LogP contribution is 2.01. The Morgan fingerprint density at radius 3 is 1.91 bits per heavy atom. The van der Waals surface area contributed by atoms with E-state index in [4.69, 9.17) is 0 Å². The van der Waals surface area contributed by atoms with E-state index in [9.17, 15) is 9.59 Å². The van der Waals surface area contributed by atoms with Crippen molar-refractivity contribution in [3.05, 3.63) is 98.3 Å². The summed E-state index contributed by atoms with van der Waals surface area (Å²) >= 11 is 0. The van der Waals surface area contributed by atoms with Gasteiger partial charge in [0.1, 0.15) is 5.69 Å². The Morgan fingerprint density at radius 1 is 0.826 bits per heavy atom. The Hall–Kier alpha value is -2.95. The van der Waals surface area contributed by atoms with E-state index in [2.05, 4.69) is 5.10 Å². The second-order valence-electron chi connectivity index (χ2n) is 5.39. The van der Waals surface area contributed by atoms with Crippen LogP contribution in [-0.2, 0) is 13.1 Å². The molecule has 2 aromatic carbocycles. The van der Waals surface area contributed by atoms with Crippen molar-refractivity contribution in [2.45, 2.75) is 20.0 Å². The minimum Gasteiger partial charge on any atom is -0.267 e. The minimum absolute atomic E-state index is 0.247. The number of rotatable bonds is 4. The molecule has 0 spiro atoms. The summed E-state index contributed by atoms with van der Waals surface area (Å²) in [7, 11) is 0. The zero-order chi connectivity index (χ0) is 16.2. The fourth-order valence-electron chi connectivity index (χ4n) is 2.45. The molecule has 0 aliphatic heterocycles. The van der Waals surface area contributed by atoms with Crippen molar-refractivity contribution in [2.75, 3.05) is 0 Å². The summed E-state index contributed by atoms with van der Waals surface area (Å²) in [6.45, 7) is 2.22. The zero-order valence-electron chi connectivity index (χ0n) is 12.8. The quantitative estimate of drug-likeness (QED) is 0.738. The lowest BCUT2D eigenvalue weighted by atomic mass is 10.2. The largest absolute Gasteiger partial charge is 0.348 e. The van der Waals surface area contributed by atoms with Gasteiger partial charge in [-0.25, -0.2) is 9.48 Å². The fourth-order valence-corrected chi connectivity index (χ4v) is 2.45. The summed E-state index contributed by atoms with van der Waals surface area (Å²) in [5.74, 6) is 0. The first-order valence-electron chi connectivity index (χ1n) is 7.41. The van der Waals surface area contributed by atoms with Crippen LogP contribution in [0.5, 0.6) is 0 Å². The van der Waals surface area contributed by atoms with E-state index in [0.717, 1.165) is 11.1 Å². The number of hydrogen-bond donors (Lipinski definition) is 0. The molecule has 0 radical (unpaired) electrons. The SMILES string of the molecule is Cc1nn(Cc2ccccc2)c(=O)n(Cc2ccccc2)c1=O. The molecule has 0 atom stereocenters. The molecule has 5 nitrogen and oxygen atoms in total. The minimum atomic E-state index is -0.395. The summed E-state index contributed by atoms with van der Waals surface area (Å²) in [6.07, 6.45) is 0. The third-order valence-corrected chi connectivity index (χ3v) is 3.64. The van der Waals surface area contributed by atoms with Gasteiger partial charge in [0.25, 0.3) is 5.56 Å². The molecule has 3 aromatic rings. The van der Waals surface area contributed by atoms with E-state index in [0.29, 0.717) is 12.2 Å². The number of hydrogen-bond acceptors (Lipinski definition) is 3. The maximum atomic E-state index is 12.6. The molecule has 1 heterocycles. The van der Waals surface area contributed by atoms with Gasteiger partial charge in [0.05, 0.1) is 13.1 Å². The maximum Gasteiger partial charge on any atom is 0.348 e. The molecule has 3 rings (SSSR count). The van der Waals surface area contributed by atoms with E-state index in [-0.39, 0.29) is 12.1 Å². The predicted octanol–water partition coefficient (Wildman–Crippen LogP) is 1.81. The van der Waals surface area contributed by atoms with Crippen LogP contribution in [0.25, 0.3) is 0 Å². The summed E-state index contributed by atoms with van der Waals surface area (Å²) in [4.78, 5) is 24.9. The molecule has 23 heavy (non-hydrogen) atoms. The summed E-state index contributed by atoms with van der Waals surface area (Å²) in [5.41, 5.74) is 1.45. The van der Waals surface area contributed by atoms with Crippen LogP contribution >= 0.6 is 0 Å². The summed E-state index contributed by atoms with van der Waals surface area (Å²) in [6, 6.07) is 19.0. The van der Waals surface area contributed by atoms with Crippen LogP contribution in [0.3, 0.4) is 0 Å². The molecule has 5 heteroatoms. The Bertz CT molecular complexity index is 912. The number of benzene rings is 2. The fraction of sp³-hybridized carbons (Fsp3) is 0.167. The second-order valence-corrected chi connectivity index (χ2v) is 5.39. The van der Waals surface area contributed by atoms with E-state index < -0.39 is 5.69 Å². The van der Waals surface area contributed by atoms with Gasteiger partial charge in [-0.3, -0.25) is 9.36 Å². The van der Waals surface area contributed by atoms with Gasteiger partial charge in [-0.15, -0.1) is 0 Å². The van der Waals surface area contributed by atoms with Crippen molar-refractivity contribution < 1.29 is 0 Å². The van der Waals surface area contributed by atoms with E-state index in [1.165, 1.54) is 9.25 Å². The maximum absolute atomic E-state index is 12.6. The van der Waals surface area contributed by atoms with E-state index in [1.54, 1.807) is 6.92 Å². The zero-order valence-corrected chi connectivity index (χ0v) is 12.8. The van der Waals surface area contributed by atoms with Crippen LogP contribution in [0.4, 0.5) is 0 Å². The lowest BCUT2D eigenvalue weighted by Crippen LogP contribution is -2.43. The molecule has 0 N–H and O–H groups in total. The van der Waals surface area contributed by atoms with Crippen LogP contribution < -0.4 is 11.2 Å². The molecule has 0 aliphatic carbocycles. The molecule has 0 bridgehead atoms. The average Bonchev–Trinajstić information content (AvgIpc) is 2.58. The Balaban J connectivity index is 2.03. The molecular formula is C18H17N3O2. The summed E-state index contributed by atoms with van der Waals surface area (Å²) in [5, 5.41) is 4.14. The van der Waals surface area contributed by atoms with Gasteiger partial charge in [0.15, 0.2) is 0 Å². The van der Waals surface area contributed by atoms with Gasteiger partial charge in [0.2, 0.25) is 0 Å². The van der Waals surface area contributed by atoms with E-state index in [1.807, 2.05) is 60.7 Å². The highest BCUT2D eigenvalue weighted by molar-refractivity contribution is 5.16. The van der Waals surface area contributed by atoms with Crippen LogP contribution in [0.15, 0.2) is 70.3 Å². The predicted molar refractivity (Wildman–Crippen MR) is 88.6 cm³/mol. The first-order valence-corrected chi connectivity index (χ1v) is 7.41. The van der Waals surface area contributed by atoms with Gasteiger partial charge >= 0.3 is 5.69 Å². The Kier molecular flexibility index (Phi) is 4.19. The molecule has 0 saturated heterocycles. The van der Waals surface area contributed by atoms with Crippen LogP contribution in [0.1, 0.15) is 16.8 Å². The van der Waals surface area contributed by atoms with Crippen molar-refractivity contribution in [3.63, 3.8) is 0 Å². The third kappa shape index (κ3) is 3.29. The standard InChI is InChI=1S/C18H17N3O2/c1-14-17(22)20(12-15-8-4-2-5-9-15)18(23)21(19-14)13-16-10-6-3-7-11-16/h2-11H,12-13H2,1H3. The van der Waals surface area contributed by atoms with Gasteiger partial charge in [0, 0.05) is 0 Å². The lowest BCUT2D eigenvalue weighted by Gasteiger charge is -2.11. The number of aryl methyl sites for hydroxylation is 1. The normalized spacial score (nSPS) is 10.7. The molecule has 0 aliphatic rings. The average molecular weight is 307 g/mol. The molecular weight excluding hydrogens is 290 g/mol. The van der Waals surface area contributed by atoms with Crippen molar-refractivity contribution in [3.8, 4) is 0 Å². The Labute approximate surface area is 133 Å². The van der Waals surface area contributed by atoms with Gasteiger partial charge in [-0.05, 0) is 18.1 Å². The summed E-state index contributed by atoms with van der Waals surface area (Å²) < 4.78 is 2.58. The van der Waals surface area contributed by atoms with Crippen molar-refractivity contribution in [1.29, 1.82) is 0 Å². The number of aromatic nitrogens is 3. The first kappa shape index (κ1) is 15.0. The number of nitrogens with zero attached hydrogens (tertiary/aromatic N) is 3. The van der Waals surface area contributed by atoms with Crippen molar-refractivity contribution in [2.24, 2.45) is 0 Å². The van der Waals surface area contributed by atoms with Gasteiger partial charge in [-0.1, -0.05) is 60.7 Å². The third-order valence-electron chi connectivity index (χ3n) is 3.64. The highest BCUT2D eigenvalue weighted by atomic mass is 16.2. The van der Waals surface area contributed by atoms with Gasteiger partial charge < -0.3 is 0 Å². The van der Waals surface area contributed by atoms with Crippen LogP contribution in [-0.4, -0.2) is 14.3 Å². The topological polar surface area (TPSA) is 56.9 Å². The lowest BCUT2D eigenvalue weighted by molar-refractivity contribution is 0.531. The first-order chi connectivity index (χ1) is 11.1. The molecule has 0 amide bonds. The van der Waals surface area contributed by atoms with Gasteiger partial charge in [-0.2, -0.15) is 5.10 Å². The smallest absolute Gasteiger partial charge is 0.267 e. The molecule has 0 unspecified atom stereocenters. The van der Waals surface area contributed by atoms with Crippen LogP contribution in [0.2, 0.25) is 0 Å². The molecule has 116 valence electrons. The van der Waals surface area contributed by atoms with Crippen molar-refractivity contribution in [1.82, 2.24) is 14.3 Å². The second kappa shape index (κ2) is 6.44. The monoisotopic (exact) mass is 307 g/mol.